The molecule has 13 heavy (non-hydrogen) atoms. The fourth-order valence-corrected chi connectivity index (χ4v) is 1.96. The molecular formula is C9H11N3S. The molecule has 1 aromatic heterocycles. The molecule has 0 aromatic carbocycles. The van der Waals surface area contributed by atoms with E-state index in [0.717, 1.165) is 17.4 Å². The zero-order chi connectivity index (χ0) is 9.10. The molecule has 1 aliphatic rings. The lowest BCUT2D eigenvalue weighted by atomic mass is 10.4. The fraction of sp³-hybridized carbons (Fsp3) is 0.333. The third-order valence-corrected chi connectivity index (χ3v) is 2.72. The number of hydrogen-bond acceptors (Lipinski definition) is 4. The van der Waals surface area contributed by atoms with Crippen LogP contribution in [0.5, 0.6) is 0 Å². The van der Waals surface area contributed by atoms with E-state index in [-0.39, 0.29) is 0 Å². The number of nitrogens with zero attached hydrogens (tertiary/aromatic N) is 2. The number of pyridine rings is 1. The molecule has 1 aromatic rings. The molecule has 4 heteroatoms. The van der Waals surface area contributed by atoms with Crippen molar-refractivity contribution in [1.82, 2.24) is 4.98 Å². The lowest BCUT2D eigenvalue weighted by Crippen LogP contribution is -2.05. The van der Waals surface area contributed by atoms with Crippen molar-refractivity contribution in [2.45, 2.75) is 12.2 Å². The number of aliphatic imine (C=N–C) groups is 1. The van der Waals surface area contributed by atoms with Crippen LogP contribution >= 0.6 is 11.8 Å². The average Bonchev–Trinajstić information content (AvgIpc) is 2.53. The maximum atomic E-state index is 4.35. The minimum absolute atomic E-state index is 0.596. The van der Waals surface area contributed by atoms with Gasteiger partial charge in [-0.15, -0.1) is 0 Å². The van der Waals surface area contributed by atoms with Gasteiger partial charge in [-0.25, -0.2) is 0 Å². The van der Waals surface area contributed by atoms with E-state index in [9.17, 15) is 0 Å². The SMILES string of the molecule is CC1CN=C(Nc2cccnc2)S1. The van der Waals surface area contributed by atoms with E-state index in [0.29, 0.717) is 5.25 Å². The molecule has 0 saturated heterocycles. The number of hydrogen-bond donors (Lipinski definition) is 1. The first kappa shape index (κ1) is 8.56. The van der Waals surface area contributed by atoms with Crippen LogP contribution in [0.25, 0.3) is 0 Å². The van der Waals surface area contributed by atoms with Gasteiger partial charge in [0, 0.05) is 11.4 Å². The molecule has 0 spiro atoms. The Morgan fingerprint density at radius 1 is 1.62 bits per heavy atom. The van der Waals surface area contributed by atoms with Crippen molar-refractivity contribution in [3.8, 4) is 0 Å². The summed E-state index contributed by atoms with van der Waals surface area (Å²) in [6.07, 6.45) is 3.56. The molecule has 68 valence electrons. The number of amidine groups is 1. The summed E-state index contributed by atoms with van der Waals surface area (Å²) < 4.78 is 0. The Hall–Kier alpha value is -1.03. The van der Waals surface area contributed by atoms with Gasteiger partial charge < -0.3 is 5.32 Å². The van der Waals surface area contributed by atoms with Gasteiger partial charge in [0.15, 0.2) is 5.17 Å². The van der Waals surface area contributed by atoms with E-state index in [1.54, 1.807) is 24.2 Å². The molecule has 0 aliphatic carbocycles. The predicted octanol–water partition coefficient (Wildman–Crippen LogP) is 1.98. The van der Waals surface area contributed by atoms with E-state index >= 15 is 0 Å². The molecule has 0 bridgehead atoms. The van der Waals surface area contributed by atoms with Crippen molar-refractivity contribution in [3.63, 3.8) is 0 Å². The van der Waals surface area contributed by atoms with Gasteiger partial charge in [-0.1, -0.05) is 18.7 Å². The van der Waals surface area contributed by atoms with Crippen molar-refractivity contribution in [1.29, 1.82) is 0 Å². The molecule has 3 nitrogen and oxygen atoms in total. The Kier molecular flexibility index (Phi) is 2.49. The Bertz CT molecular complexity index is 310. The molecule has 1 aliphatic heterocycles. The standard InChI is InChI=1S/C9H11N3S/c1-7-5-11-9(13-7)12-8-3-2-4-10-6-8/h2-4,6-7H,5H2,1H3,(H,11,12). The zero-order valence-corrected chi connectivity index (χ0v) is 8.21. The van der Waals surface area contributed by atoms with Crippen LogP contribution < -0.4 is 5.32 Å². The van der Waals surface area contributed by atoms with Crippen LogP contribution in [0.3, 0.4) is 0 Å². The quantitative estimate of drug-likeness (QED) is 0.741. The Labute approximate surface area is 81.7 Å². The van der Waals surface area contributed by atoms with E-state index in [1.807, 2.05) is 12.1 Å². The second-order valence-corrected chi connectivity index (χ2v) is 4.37. The zero-order valence-electron chi connectivity index (χ0n) is 7.40. The number of nitrogens with one attached hydrogen (secondary N) is 1. The molecule has 2 heterocycles. The first-order valence-electron chi connectivity index (χ1n) is 4.23. The topological polar surface area (TPSA) is 37.3 Å². The Morgan fingerprint density at radius 3 is 3.15 bits per heavy atom. The van der Waals surface area contributed by atoms with Gasteiger partial charge in [0.2, 0.25) is 0 Å². The van der Waals surface area contributed by atoms with Crippen LogP contribution in [0.1, 0.15) is 6.92 Å². The van der Waals surface area contributed by atoms with E-state index in [1.165, 1.54) is 0 Å². The number of aromatic nitrogens is 1. The fourth-order valence-electron chi connectivity index (χ4n) is 1.11. The van der Waals surface area contributed by atoms with Gasteiger partial charge in [-0.3, -0.25) is 9.98 Å². The van der Waals surface area contributed by atoms with E-state index in [4.69, 9.17) is 0 Å². The molecule has 0 fully saturated rings. The summed E-state index contributed by atoms with van der Waals surface area (Å²) in [6.45, 7) is 3.08. The maximum absolute atomic E-state index is 4.35. The first-order chi connectivity index (χ1) is 6.34. The monoisotopic (exact) mass is 193 g/mol. The lowest BCUT2D eigenvalue weighted by Gasteiger charge is -2.04. The van der Waals surface area contributed by atoms with Gasteiger partial charge in [-0.05, 0) is 12.1 Å². The smallest absolute Gasteiger partial charge is 0.161 e. The van der Waals surface area contributed by atoms with Gasteiger partial charge in [0.1, 0.15) is 0 Å². The predicted molar refractivity (Wildman–Crippen MR) is 57.2 cm³/mol. The highest BCUT2D eigenvalue weighted by Gasteiger charge is 2.14. The average molecular weight is 193 g/mol. The maximum Gasteiger partial charge on any atom is 0.161 e. The van der Waals surface area contributed by atoms with E-state index in [2.05, 4.69) is 22.2 Å². The van der Waals surface area contributed by atoms with Crippen molar-refractivity contribution in [3.05, 3.63) is 24.5 Å². The van der Waals surface area contributed by atoms with E-state index < -0.39 is 0 Å². The molecule has 1 unspecified atom stereocenters. The largest absolute Gasteiger partial charge is 0.334 e. The number of thioether (sulfide) groups is 1. The molecule has 0 amide bonds. The highest BCUT2D eigenvalue weighted by atomic mass is 32.2. The number of rotatable bonds is 1. The summed E-state index contributed by atoms with van der Waals surface area (Å²) in [6, 6.07) is 3.89. The molecule has 0 saturated carbocycles. The minimum atomic E-state index is 0.596. The molecular weight excluding hydrogens is 182 g/mol. The van der Waals surface area contributed by atoms with Gasteiger partial charge in [0.05, 0.1) is 18.4 Å². The summed E-state index contributed by atoms with van der Waals surface area (Å²) in [5.41, 5.74) is 1.00. The third-order valence-electron chi connectivity index (χ3n) is 1.72. The van der Waals surface area contributed by atoms with Crippen LogP contribution in [0, 0.1) is 0 Å². The van der Waals surface area contributed by atoms with Gasteiger partial charge in [-0.2, -0.15) is 0 Å². The van der Waals surface area contributed by atoms with Crippen molar-refractivity contribution in [2.75, 3.05) is 11.9 Å². The van der Waals surface area contributed by atoms with Gasteiger partial charge >= 0.3 is 0 Å². The summed E-state index contributed by atoms with van der Waals surface area (Å²) in [7, 11) is 0. The Morgan fingerprint density at radius 2 is 2.54 bits per heavy atom. The van der Waals surface area contributed by atoms with Crippen LogP contribution in [-0.4, -0.2) is 21.9 Å². The molecule has 2 rings (SSSR count). The highest BCUT2D eigenvalue weighted by Crippen LogP contribution is 2.21. The van der Waals surface area contributed by atoms with Gasteiger partial charge in [0.25, 0.3) is 0 Å². The molecule has 1 atom stereocenters. The summed E-state index contributed by atoms with van der Waals surface area (Å²) in [5, 5.41) is 4.82. The van der Waals surface area contributed by atoms with Crippen LogP contribution in [0.4, 0.5) is 5.69 Å². The normalized spacial score (nSPS) is 21.3. The highest BCUT2D eigenvalue weighted by molar-refractivity contribution is 8.15. The second kappa shape index (κ2) is 3.79. The summed E-state index contributed by atoms with van der Waals surface area (Å²) in [4.78, 5) is 8.37. The Balaban J connectivity index is 2.00. The van der Waals surface area contributed by atoms with Crippen molar-refractivity contribution >= 4 is 22.6 Å². The third kappa shape index (κ3) is 2.21. The van der Waals surface area contributed by atoms with Crippen LogP contribution in [0.15, 0.2) is 29.5 Å². The van der Waals surface area contributed by atoms with Crippen molar-refractivity contribution < 1.29 is 0 Å². The van der Waals surface area contributed by atoms with Crippen LogP contribution in [0.2, 0.25) is 0 Å². The second-order valence-electron chi connectivity index (χ2n) is 2.94. The van der Waals surface area contributed by atoms with Crippen LogP contribution in [-0.2, 0) is 0 Å². The molecule has 0 radical (unpaired) electrons. The number of anilines is 1. The molecule has 1 N–H and O–H groups in total. The van der Waals surface area contributed by atoms with Crippen molar-refractivity contribution in [2.24, 2.45) is 4.99 Å². The lowest BCUT2D eigenvalue weighted by molar-refractivity contribution is 0.976. The minimum Gasteiger partial charge on any atom is -0.334 e. The summed E-state index contributed by atoms with van der Waals surface area (Å²) in [5.74, 6) is 0. The first-order valence-corrected chi connectivity index (χ1v) is 5.11. The summed E-state index contributed by atoms with van der Waals surface area (Å²) >= 11 is 1.77.